The second-order valence-electron chi connectivity index (χ2n) is 5.97. The standard InChI is InChI=1S/C16H20N2O3/c19-15(20)13-4-1-11(2-5-13)7-8-17-16(21)18-10-12-3-6-14(18)9-12/h1-2,4-5,12,14H,3,6-10H2,(H,17,21)(H,19,20). The molecule has 1 aliphatic carbocycles. The number of aromatic carboxylic acids is 1. The van der Waals surface area contributed by atoms with E-state index in [4.69, 9.17) is 5.11 Å². The van der Waals surface area contributed by atoms with Crippen LogP contribution in [0.25, 0.3) is 0 Å². The number of urea groups is 1. The molecule has 2 bridgehead atoms. The number of hydrogen-bond acceptors (Lipinski definition) is 2. The Balaban J connectivity index is 1.45. The predicted molar refractivity (Wildman–Crippen MR) is 78.3 cm³/mol. The van der Waals surface area contributed by atoms with Crippen LogP contribution in [-0.4, -0.2) is 41.1 Å². The highest BCUT2D eigenvalue weighted by Gasteiger charge is 2.39. The van der Waals surface area contributed by atoms with E-state index in [1.165, 1.54) is 12.8 Å². The SMILES string of the molecule is O=C(O)c1ccc(CCNC(=O)N2CC3CCC2C3)cc1. The third kappa shape index (κ3) is 3.01. The molecular weight excluding hydrogens is 268 g/mol. The number of piperidine rings is 1. The highest BCUT2D eigenvalue weighted by molar-refractivity contribution is 5.87. The lowest BCUT2D eigenvalue weighted by Crippen LogP contribution is -2.44. The number of carboxylic acids is 1. The van der Waals surface area contributed by atoms with E-state index >= 15 is 0 Å². The Bertz CT molecular complexity index is 541. The molecule has 0 radical (unpaired) electrons. The van der Waals surface area contributed by atoms with Gasteiger partial charge in [-0.2, -0.15) is 0 Å². The van der Waals surface area contributed by atoms with E-state index in [0.29, 0.717) is 24.9 Å². The van der Waals surface area contributed by atoms with Crippen LogP contribution in [0.2, 0.25) is 0 Å². The highest BCUT2D eigenvalue weighted by atomic mass is 16.4. The number of carboxylic acid groups (broad SMARTS) is 1. The second-order valence-corrected chi connectivity index (χ2v) is 5.97. The number of likely N-dealkylation sites (tertiary alicyclic amines) is 1. The summed E-state index contributed by atoms with van der Waals surface area (Å²) < 4.78 is 0. The number of amides is 2. The largest absolute Gasteiger partial charge is 0.478 e. The number of rotatable bonds is 4. The zero-order valence-electron chi connectivity index (χ0n) is 11.9. The van der Waals surface area contributed by atoms with Crippen LogP contribution in [0.15, 0.2) is 24.3 Å². The summed E-state index contributed by atoms with van der Waals surface area (Å²) in [5, 5.41) is 11.8. The predicted octanol–water partition coefficient (Wildman–Crippen LogP) is 2.12. The first-order chi connectivity index (χ1) is 10.1. The van der Waals surface area contributed by atoms with E-state index in [9.17, 15) is 9.59 Å². The highest BCUT2D eigenvalue weighted by Crippen LogP contribution is 2.37. The van der Waals surface area contributed by atoms with Crippen LogP contribution in [-0.2, 0) is 6.42 Å². The van der Waals surface area contributed by atoms with Crippen molar-refractivity contribution in [2.24, 2.45) is 5.92 Å². The lowest BCUT2D eigenvalue weighted by molar-refractivity contribution is 0.0697. The van der Waals surface area contributed by atoms with Crippen molar-refractivity contribution in [1.29, 1.82) is 0 Å². The smallest absolute Gasteiger partial charge is 0.335 e. The van der Waals surface area contributed by atoms with Gasteiger partial charge in [0.1, 0.15) is 0 Å². The van der Waals surface area contributed by atoms with Gasteiger partial charge in [-0.3, -0.25) is 0 Å². The Morgan fingerprint density at radius 1 is 1.24 bits per heavy atom. The molecule has 21 heavy (non-hydrogen) atoms. The maximum Gasteiger partial charge on any atom is 0.335 e. The van der Waals surface area contributed by atoms with Gasteiger partial charge in [-0.15, -0.1) is 0 Å². The first-order valence-electron chi connectivity index (χ1n) is 7.50. The number of nitrogens with zero attached hydrogens (tertiary/aromatic N) is 1. The molecule has 112 valence electrons. The monoisotopic (exact) mass is 288 g/mol. The first-order valence-corrected chi connectivity index (χ1v) is 7.50. The molecule has 1 saturated carbocycles. The maximum atomic E-state index is 12.1. The summed E-state index contributed by atoms with van der Waals surface area (Å²) in [6.07, 6.45) is 4.30. The Kier molecular flexibility index (Phi) is 3.82. The van der Waals surface area contributed by atoms with Gasteiger partial charge in [0.2, 0.25) is 0 Å². The van der Waals surface area contributed by atoms with E-state index in [2.05, 4.69) is 5.32 Å². The molecular formula is C16H20N2O3. The zero-order valence-corrected chi connectivity index (χ0v) is 11.9. The summed E-state index contributed by atoms with van der Waals surface area (Å²) in [4.78, 5) is 24.8. The normalized spacial score (nSPS) is 23.3. The lowest BCUT2D eigenvalue weighted by atomic mass is 10.1. The number of fused-ring (bicyclic) bond motifs is 2. The molecule has 1 aromatic carbocycles. The van der Waals surface area contributed by atoms with Gasteiger partial charge in [-0.25, -0.2) is 9.59 Å². The maximum absolute atomic E-state index is 12.1. The van der Waals surface area contributed by atoms with Gasteiger partial charge in [0, 0.05) is 19.1 Å². The van der Waals surface area contributed by atoms with Crippen molar-refractivity contribution < 1.29 is 14.7 Å². The van der Waals surface area contributed by atoms with Gasteiger partial charge in [-0.1, -0.05) is 12.1 Å². The fourth-order valence-corrected chi connectivity index (χ4v) is 3.40. The minimum Gasteiger partial charge on any atom is -0.478 e. The third-order valence-electron chi connectivity index (χ3n) is 4.56. The van der Waals surface area contributed by atoms with Crippen LogP contribution < -0.4 is 5.32 Å². The van der Waals surface area contributed by atoms with Crippen molar-refractivity contribution in [2.75, 3.05) is 13.1 Å². The fraction of sp³-hybridized carbons (Fsp3) is 0.500. The van der Waals surface area contributed by atoms with Crippen molar-refractivity contribution in [1.82, 2.24) is 10.2 Å². The Hall–Kier alpha value is -2.04. The first kappa shape index (κ1) is 13.9. The molecule has 3 rings (SSSR count). The van der Waals surface area contributed by atoms with E-state index in [0.717, 1.165) is 18.5 Å². The van der Waals surface area contributed by atoms with E-state index < -0.39 is 5.97 Å². The summed E-state index contributed by atoms with van der Waals surface area (Å²) >= 11 is 0. The molecule has 1 heterocycles. The van der Waals surface area contributed by atoms with E-state index in [1.807, 2.05) is 4.90 Å². The lowest BCUT2D eigenvalue weighted by Gasteiger charge is -2.27. The van der Waals surface area contributed by atoms with Gasteiger partial charge in [0.05, 0.1) is 5.56 Å². The third-order valence-corrected chi connectivity index (χ3v) is 4.56. The van der Waals surface area contributed by atoms with Gasteiger partial charge < -0.3 is 15.3 Å². The molecule has 0 aromatic heterocycles. The number of benzene rings is 1. The molecule has 2 aliphatic rings. The molecule has 2 unspecified atom stereocenters. The molecule has 1 aliphatic heterocycles. The minimum atomic E-state index is -0.918. The number of nitrogens with one attached hydrogen (secondary N) is 1. The Morgan fingerprint density at radius 3 is 2.57 bits per heavy atom. The van der Waals surface area contributed by atoms with Crippen LogP contribution in [0, 0.1) is 5.92 Å². The molecule has 5 heteroatoms. The van der Waals surface area contributed by atoms with Crippen molar-refractivity contribution in [3.05, 3.63) is 35.4 Å². The topological polar surface area (TPSA) is 69.6 Å². The van der Waals surface area contributed by atoms with Crippen molar-refractivity contribution in [2.45, 2.75) is 31.7 Å². The summed E-state index contributed by atoms with van der Waals surface area (Å²) in [5.74, 6) is -0.205. The van der Waals surface area contributed by atoms with Crippen LogP contribution >= 0.6 is 0 Å². The summed E-state index contributed by atoms with van der Waals surface area (Å²) in [6, 6.07) is 7.28. The second kappa shape index (κ2) is 5.76. The quantitative estimate of drug-likeness (QED) is 0.891. The minimum absolute atomic E-state index is 0.0457. The van der Waals surface area contributed by atoms with Crippen LogP contribution in [0.4, 0.5) is 4.79 Å². The van der Waals surface area contributed by atoms with Gasteiger partial charge in [0.25, 0.3) is 0 Å². The van der Waals surface area contributed by atoms with Gasteiger partial charge in [0.15, 0.2) is 0 Å². The summed E-state index contributed by atoms with van der Waals surface area (Å²) in [5.41, 5.74) is 1.32. The van der Waals surface area contributed by atoms with Crippen LogP contribution in [0.1, 0.15) is 35.2 Å². The molecule has 1 aromatic rings. The van der Waals surface area contributed by atoms with E-state index in [1.54, 1.807) is 24.3 Å². The van der Waals surface area contributed by atoms with Gasteiger partial charge in [-0.05, 0) is 49.3 Å². The molecule has 2 atom stereocenters. The zero-order chi connectivity index (χ0) is 14.8. The van der Waals surface area contributed by atoms with Crippen molar-refractivity contribution >= 4 is 12.0 Å². The van der Waals surface area contributed by atoms with Crippen LogP contribution in [0.5, 0.6) is 0 Å². The average Bonchev–Trinajstić information content (AvgIpc) is 3.10. The Labute approximate surface area is 123 Å². The molecule has 2 amide bonds. The number of carbonyl (C=O) groups excluding carboxylic acids is 1. The van der Waals surface area contributed by atoms with Crippen molar-refractivity contribution in [3.63, 3.8) is 0 Å². The molecule has 2 N–H and O–H groups in total. The fourth-order valence-electron chi connectivity index (χ4n) is 3.40. The molecule has 1 saturated heterocycles. The van der Waals surface area contributed by atoms with Crippen molar-refractivity contribution in [3.8, 4) is 0 Å². The number of hydrogen-bond donors (Lipinski definition) is 2. The number of carbonyl (C=O) groups is 2. The summed E-state index contributed by atoms with van der Waals surface area (Å²) in [7, 11) is 0. The van der Waals surface area contributed by atoms with Crippen LogP contribution in [0.3, 0.4) is 0 Å². The Morgan fingerprint density at radius 2 is 2.00 bits per heavy atom. The summed E-state index contributed by atoms with van der Waals surface area (Å²) in [6.45, 7) is 1.49. The molecule has 2 fully saturated rings. The average molecular weight is 288 g/mol. The molecule has 5 nitrogen and oxygen atoms in total. The molecule has 0 spiro atoms. The van der Waals surface area contributed by atoms with Gasteiger partial charge >= 0.3 is 12.0 Å². The van der Waals surface area contributed by atoms with E-state index in [-0.39, 0.29) is 11.6 Å².